The summed E-state index contributed by atoms with van der Waals surface area (Å²) in [7, 11) is 3.34. The van der Waals surface area contributed by atoms with Gasteiger partial charge in [-0.05, 0) is 48.9 Å². The lowest BCUT2D eigenvalue weighted by molar-refractivity contribution is -0.0352. The summed E-state index contributed by atoms with van der Waals surface area (Å²) in [4.78, 5) is 2.62. The maximum atomic E-state index is 6.45. The fourth-order valence-corrected chi connectivity index (χ4v) is 5.03. The summed E-state index contributed by atoms with van der Waals surface area (Å²) in [6.07, 6.45) is 7.58. The van der Waals surface area contributed by atoms with Crippen LogP contribution in [0, 0.1) is 0 Å². The van der Waals surface area contributed by atoms with Crippen molar-refractivity contribution in [3.63, 3.8) is 0 Å². The number of nitrogens with zero attached hydrogens (tertiary/aromatic N) is 1. The van der Waals surface area contributed by atoms with E-state index in [2.05, 4.69) is 47.4 Å². The van der Waals surface area contributed by atoms with Crippen molar-refractivity contribution in [1.82, 2.24) is 4.90 Å². The van der Waals surface area contributed by atoms with Crippen molar-refractivity contribution in [3.8, 4) is 11.5 Å². The van der Waals surface area contributed by atoms with Gasteiger partial charge in [-0.3, -0.25) is 4.90 Å². The maximum Gasteiger partial charge on any atom is 0.160 e. The van der Waals surface area contributed by atoms with E-state index in [0.717, 1.165) is 50.5 Å². The molecule has 1 saturated heterocycles. The van der Waals surface area contributed by atoms with Gasteiger partial charge in [-0.2, -0.15) is 0 Å². The molecule has 1 heterocycles. The molecule has 1 aliphatic carbocycles. The van der Waals surface area contributed by atoms with E-state index in [1.807, 2.05) is 6.07 Å². The van der Waals surface area contributed by atoms with E-state index in [9.17, 15) is 0 Å². The van der Waals surface area contributed by atoms with Crippen LogP contribution in [0.4, 0.5) is 0 Å². The molecule has 174 valence electrons. The van der Waals surface area contributed by atoms with Crippen molar-refractivity contribution in [2.24, 2.45) is 0 Å². The van der Waals surface area contributed by atoms with E-state index in [1.54, 1.807) is 14.2 Å². The zero-order chi connectivity index (χ0) is 22.2. The number of rotatable bonds is 10. The second-order valence-electron chi connectivity index (χ2n) is 8.90. The normalized spacial score (nSPS) is 23.9. The Morgan fingerprint density at radius 1 is 0.844 bits per heavy atom. The maximum absolute atomic E-state index is 6.45. The summed E-state index contributed by atoms with van der Waals surface area (Å²) < 4.78 is 23.4. The first kappa shape index (κ1) is 23.1. The van der Waals surface area contributed by atoms with Crippen LogP contribution < -0.4 is 9.47 Å². The highest BCUT2D eigenvalue weighted by molar-refractivity contribution is 5.42. The predicted molar refractivity (Wildman–Crippen MR) is 126 cm³/mol. The highest BCUT2D eigenvalue weighted by Crippen LogP contribution is 2.30. The zero-order valence-electron chi connectivity index (χ0n) is 19.5. The second kappa shape index (κ2) is 11.7. The molecule has 2 aromatic rings. The Kier molecular flexibility index (Phi) is 8.43. The number of hydrogen-bond donors (Lipinski definition) is 0. The van der Waals surface area contributed by atoms with Gasteiger partial charge in [0.05, 0.1) is 39.6 Å². The van der Waals surface area contributed by atoms with Crippen LogP contribution in [0.25, 0.3) is 0 Å². The third-order valence-corrected chi connectivity index (χ3v) is 6.81. The lowest BCUT2D eigenvalue weighted by Gasteiger charge is -2.37. The molecular weight excluding hydrogens is 404 g/mol. The molecule has 2 aromatic carbocycles. The van der Waals surface area contributed by atoms with Gasteiger partial charge >= 0.3 is 0 Å². The fourth-order valence-electron chi connectivity index (χ4n) is 5.03. The van der Waals surface area contributed by atoms with E-state index in [1.165, 1.54) is 30.4 Å². The molecule has 4 rings (SSSR count). The molecule has 0 aromatic heterocycles. The van der Waals surface area contributed by atoms with Gasteiger partial charge in [-0.25, -0.2) is 0 Å². The van der Waals surface area contributed by atoms with Crippen molar-refractivity contribution < 1.29 is 18.9 Å². The highest BCUT2D eigenvalue weighted by atomic mass is 16.6. The van der Waals surface area contributed by atoms with E-state index >= 15 is 0 Å². The molecule has 5 nitrogen and oxygen atoms in total. The number of benzene rings is 2. The number of ether oxygens (including phenoxy) is 4. The Hall–Kier alpha value is -2.08. The van der Waals surface area contributed by atoms with E-state index in [0.29, 0.717) is 24.9 Å². The summed E-state index contributed by atoms with van der Waals surface area (Å²) >= 11 is 0. The third-order valence-electron chi connectivity index (χ3n) is 6.81. The van der Waals surface area contributed by atoms with E-state index < -0.39 is 0 Å². The van der Waals surface area contributed by atoms with Crippen LogP contribution >= 0.6 is 0 Å². The monoisotopic (exact) mass is 441 g/mol. The van der Waals surface area contributed by atoms with Gasteiger partial charge in [-0.15, -0.1) is 0 Å². The zero-order valence-corrected chi connectivity index (χ0v) is 19.5. The molecule has 5 heteroatoms. The summed E-state index contributed by atoms with van der Waals surface area (Å²) in [5.41, 5.74) is 2.46. The Morgan fingerprint density at radius 2 is 1.66 bits per heavy atom. The van der Waals surface area contributed by atoms with Crippen molar-refractivity contribution >= 4 is 0 Å². The standard InChI is InChI=1S/C27H37NO4/c1-29-26-13-12-21(18-27(26)30-2)15-17-31-25-11-7-6-10-24(25)28-16-14-23(19-28)32-20-22-8-4-3-5-9-22/h3-5,8-9,12-13,18,23-25H,6-7,10-11,14-17,19-20H2,1-2H3/t23-,24?,25?/m1/s1/i1+1,2+1. The minimum Gasteiger partial charge on any atom is -0.493 e. The molecular formula is C27H37NO4. The molecule has 1 aliphatic heterocycles. The average molecular weight is 442 g/mol. The summed E-state index contributed by atoms with van der Waals surface area (Å²) in [6, 6.07) is 17.1. The van der Waals surface area contributed by atoms with Gasteiger partial charge in [0.1, 0.15) is 0 Å². The minimum atomic E-state index is 0.316. The molecule has 0 bridgehead atoms. The Bertz CT molecular complexity index is 828. The highest BCUT2D eigenvalue weighted by Gasteiger charge is 2.35. The smallest absolute Gasteiger partial charge is 0.160 e. The SMILES string of the molecule is [13CH3]Oc1ccc(CCOC2CCCCC2N2CC[C@@H](OCc3ccccc3)C2)cc1O[13CH3]. The average Bonchev–Trinajstić information content (AvgIpc) is 3.32. The Morgan fingerprint density at radius 3 is 2.47 bits per heavy atom. The molecule has 0 amide bonds. The summed E-state index contributed by atoms with van der Waals surface area (Å²) in [5.74, 6) is 1.54. The topological polar surface area (TPSA) is 40.2 Å². The molecule has 2 fully saturated rings. The van der Waals surface area contributed by atoms with Crippen LogP contribution in [-0.4, -0.2) is 57.1 Å². The molecule has 0 spiro atoms. The molecule has 2 unspecified atom stereocenters. The van der Waals surface area contributed by atoms with Gasteiger partial charge < -0.3 is 18.9 Å². The summed E-state index contributed by atoms with van der Waals surface area (Å²) in [6.45, 7) is 3.57. The molecule has 0 radical (unpaired) electrons. The third kappa shape index (κ3) is 6.03. The van der Waals surface area contributed by atoms with Crippen LogP contribution in [0.3, 0.4) is 0 Å². The molecule has 0 N–H and O–H groups in total. The Balaban J connectivity index is 1.26. The quantitative estimate of drug-likeness (QED) is 0.492. The first-order valence-corrected chi connectivity index (χ1v) is 12.0. The number of hydrogen-bond acceptors (Lipinski definition) is 5. The van der Waals surface area contributed by atoms with Gasteiger partial charge in [-0.1, -0.05) is 49.2 Å². The van der Waals surface area contributed by atoms with Crippen LogP contribution in [0.5, 0.6) is 11.5 Å². The lowest BCUT2D eigenvalue weighted by atomic mass is 9.91. The minimum absolute atomic E-state index is 0.316. The first-order valence-electron chi connectivity index (χ1n) is 12.0. The van der Waals surface area contributed by atoms with Crippen molar-refractivity contribution in [3.05, 3.63) is 59.7 Å². The second-order valence-corrected chi connectivity index (χ2v) is 8.90. The molecule has 32 heavy (non-hydrogen) atoms. The molecule has 2 aliphatic rings. The van der Waals surface area contributed by atoms with Crippen LogP contribution in [0.2, 0.25) is 0 Å². The molecule has 3 atom stereocenters. The van der Waals surface area contributed by atoms with E-state index in [-0.39, 0.29) is 0 Å². The fraction of sp³-hybridized carbons (Fsp3) is 0.556. The summed E-state index contributed by atoms with van der Waals surface area (Å²) in [5, 5.41) is 0. The van der Waals surface area contributed by atoms with Crippen LogP contribution in [0.1, 0.15) is 43.2 Å². The molecule has 1 saturated carbocycles. The Labute approximate surface area is 192 Å². The first-order chi connectivity index (χ1) is 15.8. The lowest BCUT2D eigenvalue weighted by Crippen LogP contribution is -2.46. The largest absolute Gasteiger partial charge is 0.493 e. The van der Waals surface area contributed by atoms with Gasteiger partial charge in [0.2, 0.25) is 0 Å². The van der Waals surface area contributed by atoms with Crippen molar-refractivity contribution in [2.75, 3.05) is 33.9 Å². The van der Waals surface area contributed by atoms with Gasteiger partial charge in [0.25, 0.3) is 0 Å². The van der Waals surface area contributed by atoms with Crippen molar-refractivity contribution in [1.29, 1.82) is 0 Å². The van der Waals surface area contributed by atoms with Crippen molar-refractivity contribution in [2.45, 2.75) is 63.4 Å². The number of likely N-dealkylation sites (tertiary alicyclic amines) is 1. The van der Waals surface area contributed by atoms with Crippen LogP contribution in [-0.2, 0) is 22.5 Å². The van der Waals surface area contributed by atoms with Gasteiger partial charge in [0, 0.05) is 19.1 Å². The predicted octanol–water partition coefficient (Wildman–Crippen LogP) is 4.87. The number of methoxy groups -OCH3 is 2. The van der Waals surface area contributed by atoms with Gasteiger partial charge in [0.15, 0.2) is 11.5 Å². The van der Waals surface area contributed by atoms with Crippen LogP contribution in [0.15, 0.2) is 48.5 Å². The van der Waals surface area contributed by atoms with E-state index in [4.69, 9.17) is 18.9 Å².